The molecule has 2 aromatic carbocycles. The summed E-state index contributed by atoms with van der Waals surface area (Å²) in [4.78, 5) is 11.4. The lowest BCUT2D eigenvalue weighted by Crippen LogP contribution is -2.01. The first-order valence-corrected chi connectivity index (χ1v) is 6.55. The number of ether oxygens (including phenoxy) is 2. The molecule has 0 N–H and O–H groups in total. The fourth-order valence-electron chi connectivity index (χ4n) is 1.85. The first-order valence-electron chi connectivity index (χ1n) is 6.17. The van der Waals surface area contributed by atoms with Crippen LogP contribution in [0.1, 0.15) is 22.8 Å². The molecule has 3 nitrogen and oxygen atoms in total. The van der Waals surface area contributed by atoms with Crippen molar-refractivity contribution in [3.8, 4) is 11.5 Å². The smallest absolute Gasteiger partial charge is 0.180 e. The molecule has 20 heavy (non-hydrogen) atoms. The van der Waals surface area contributed by atoms with Gasteiger partial charge in [0.15, 0.2) is 17.3 Å². The maximum atomic E-state index is 11.4. The minimum absolute atomic E-state index is 0.108. The van der Waals surface area contributed by atoms with Crippen molar-refractivity contribution < 1.29 is 14.3 Å². The van der Waals surface area contributed by atoms with E-state index in [0.717, 1.165) is 5.56 Å². The third kappa shape index (κ3) is 3.11. The van der Waals surface area contributed by atoms with Crippen molar-refractivity contribution in [1.82, 2.24) is 0 Å². The minimum Gasteiger partial charge on any atom is -0.491 e. The zero-order chi connectivity index (χ0) is 14.5. The van der Waals surface area contributed by atoms with Crippen LogP contribution in [0, 0.1) is 0 Å². The van der Waals surface area contributed by atoms with E-state index < -0.39 is 0 Å². The molecule has 4 heteroatoms. The molecule has 104 valence electrons. The monoisotopic (exact) mass is 290 g/mol. The number of Topliss-reactive ketones (excluding diaryl/α,β-unsaturated/α-hetero) is 1. The van der Waals surface area contributed by atoms with Crippen molar-refractivity contribution >= 4 is 17.4 Å². The SMILES string of the molecule is COc1c(OCc2ccccc2)ccc(C(C)=O)c1Cl. The second-order valence-electron chi connectivity index (χ2n) is 4.29. The molecule has 2 rings (SSSR count). The Morgan fingerprint density at radius 3 is 2.45 bits per heavy atom. The van der Waals surface area contributed by atoms with Crippen LogP contribution in [-0.4, -0.2) is 12.9 Å². The van der Waals surface area contributed by atoms with E-state index in [1.165, 1.54) is 14.0 Å². The highest BCUT2D eigenvalue weighted by Gasteiger charge is 2.16. The molecule has 0 aliphatic heterocycles. The van der Waals surface area contributed by atoms with E-state index in [4.69, 9.17) is 21.1 Å². The average Bonchev–Trinajstić information content (AvgIpc) is 2.45. The van der Waals surface area contributed by atoms with Gasteiger partial charge in [0.1, 0.15) is 6.61 Å². The van der Waals surface area contributed by atoms with Gasteiger partial charge in [-0.1, -0.05) is 41.9 Å². The van der Waals surface area contributed by atoms with Gasteiger partial charge < -0.3 is 9.47 Å². The van der Waals surface area contributed by atoms with E-state index in [1.807, 2.05) is 30.3 Å². The fraction of sp³-hybridized carbons (Fsp3) is 0.188. The number of carbonyl (C=O) groups excluding carboxylic acids is 1. The molecule has 2 aromatic rings. The molecule has 0 amide bonds. The summed E-state index contributed by atoms with van der Waals surface area (Å²) < 4.78 is 11.0. The minimum atomic E-state index is -0.108. The van der Waals surface area contributed by atoms with Crippen LogP contribution in [0.15, 0.2) is 42.5 Å². The Labute approximate surface area is 123 Å². The first kappa shape index (κ1) is 14.4. The van der Waals surface area contributed by atoms with Crippen LogP contribution in [0.2, 0.25) is 5.02 Å². The van der Waals surface area contributed by atoms with E-state index in [0.29, 0.717) is 23.7 Å². The topological polar surface area (TPSA) is 35.5 Å². The average molecular weight is 291 g/mol. The third-order valence-corrected chi connectivity index (χ3v) is 3.26. The van der Waals surface area contributed by atoms with Gasteiger partial charge in [0, 0.05) is 5.56 Å². The van der Waals surface area contributed by atoms with Gasteiger partial charge in [-0.25, -0.2) is 0 Å². The van der Waals surface area contributed by atoms with E-state index in [9.17, 15) is 4.79 Å². The highest BCUT2D eigenvalue weighted by molar-refractivity contribution is 6.35. The molecule has 0 saturated heterocycles. The van der Waals surface area contributed by atoms with E-state index in [1.54, 1.807) is 12.1 Å². The molecule has 0 heterocycles. The lowest BCUT2D eigenvalue weighted by atomic mass is 10.1. The zero-order valence-electron chi connectivity index (χ0n) is 11.4. The van der Waals surface area contributed by atoms with Gasteiger partial charge in [0.05, 0.1) is 12.1 Å². The van der Waals surface area contributed by atoms with E-state index >= 15 is 0 Å². The van der Waals surface area contributed by atoms with Crippen molar-refractivity contribution in [3.63, 3.8) is 0 Å². The molecule has 0 radical (unpaired) electrons. The zero-order valence-corrected chi connectivity index (χ0v) is 12.1. The van der Waals surface area contributed by atoms with Gasteiger partial charge in [-0.05, 0) is 24.6 Å². The van der Waals surface area contributed by atoms with Gasteiger partial charge in [-0.3, -0.25) is 4.79 Å². The summed E-state index contributed by atoms with van der Waals surface area (Å²) in [5.41, 5.74) is 1.47. The summed E-state index contributed by atoms with van der Waals surface area (Å²) in [6.45, 7) is 1.87. The molecule has 0 spiro atoms. The van der Waals surface area contributed by atoms with Crippen molar-refractivity contribution in [2.45, 2.75) is 13.5 Å². The largest absolute Gasteiger partial charge is 0.491 e. The molecule has 0 saturated carbocycles. The highest BCUT2D eigenvalue weighted by Crippen LogP contribution is 2.38. The number of carbonyl (C=O) groups is 1. The summed E-state index contributed by atoms with van der Waals surface area (Å²) in [6.07, 6.45) is 0. The van der Waals surface area contributed by atoms with Gasteiger partial charge >= 0.3 is 0 Å². The number of hydrogen-bond donors (Lipinski definition) is 0. The van der Waals surface area contributed by atoms with Crippen molar-refractivity contribution in [2.24, 2.45) is 0 Å². The summed E-state index contributed by atoms with van der Waals surface area (Å²) in [5.74, 6) is 0.796. The maximum Gasteiger partial charge on any atom is 0.180 e. The molecular formula is C16H15ClO3. The molecule has 0 aliphatic carbocycles. The maximum absolute atomic E-state index is 11.4. The number of ketones is 1. The normalized spacial score (nSPS) is 10.2. The number of rotatable bonds is 5. The van der Waals surface area contributed by atoms with Crippen LogP contribution in [0.4, 0.5) is 0 Å². The third-order valence-electron chi connectivity index (χ3n) is 2.88. The summed E-state index contributed by atoms with van der Waals surface area (Å²) >= 11 is 6.16. The summed E-state index contributed by atoms with van der Waals surface area (Å²) in [6, 6.07) is 13.1. The number of hydrogen-bond acceptors (Lipinski definition) is 3. The second-order valence-corrected chi connectivity index (χ2v) is 4.67. The van der Waals surface area contributed by atoms with Gasteiger partial charge in [-0.2, -0.15) is 0 Å². The lowest BCUT2D eigenvalue weighted by molar-refractivity contribution is 0.101. The summed E-state index contributed by atoms with van der Waals surface area (Å²) in [5, 5.41) is 0.283. The van der Waals surface area contributed by atoms with Crippen LogP contribution in [0.5, 0.6) is 11.5 Å². The Morgan fingerprint density at radius 2 is 1.85 bits per heavy atom. The quantitative estimate of drug-likeness (QED) is 0.777. The van der Waals surface area contributed by atoms with E-state index in [2.05, 4.69) is 0 Å². The molecule has 0 bridgehead atoms. The Hall–Kier alpha value is -2.00. The molecule has 0 aliphatic rings. The van der Waals surface area contributed by atoms with Crippen molar-refractivity contribution in [2.75, 3.05) is 7.11 Å². The van der Waals surface area contributed by atoms with Crippen LogP contribution in [-0.2, 0) is 6.61 Å². The standard InChI is InChI=1S/C16H15ClO3/c1-11(18)13-8-9-14(16(19-2)15(13)17)20-10-12-6-4-3-5-7-12/h3-9H,10H2,1-2H3. The van der Waals surface area contributed by atoms with Gasteiger partial charge in [0.2, 0.25) is 0 Å². The highest BCUT2D eigenvalue weighted by atomic mass is 35.5. The fourth-order valence-corrected chi connectivity index (χ4v) is 2.22. The Balaban J connectivity index is 2.24. The number of methoxy groups -OCH3 is 1. The van der Waals surface area contributed by atoms with Crippen LogP contribution < -0.4 is 9.47 Å². The van der Waals surface area contributed by atoms with Crippen LogP contribution >= 0.6 is 11.6 Å². The first-order chi connectivity index (χ1) is 9.63. The molecule has 0 aromatic heterocycles. The van der Waals surface area contributed by atoms with Crippen LogP contribution in [0.25, 0.3) is 0 Å². The van der Waals surface area contributed by atoms with E-state index in [-0.39, 0.29) is 10.8 Å². The van der Waals surface area contributed by atoms with Crippen molar-refractivity contribution in [3.05, 3.63) is 58.6 Å². The molecule has 0 atom stereocenters. The Bertz CT molecular complexity index is 609. The van der Waals surface area contributed by atoms with Crippen LogP contribution in [0.3, 0.4) is 0 Å². The van der Waals surface area contributed by atoms with Gasteiger partial charge in [-0.15, -0.1) is 0 Å². The number of benzene rings is 2. The van der Waals surface area contributed by atoms with Crippen molar-refractivity contribution in [1.29, 1.82) is 0 Å². The Morgan fingerprint density at radius 1 is 1.15 bits per heavy atom. The lowest BCUT2D eigenvalue weighted by Gasteiger charge is -2.13. The second kappa shape index (κ2) is 6.44. The molecule has 0 unspecified atom stereocenters. The molecular weight excluding hydrogens is 276 g/mol. The predicted molar refractivity (Wildman–Crippen MR) is 78.8 cm³/mol. The molecule has 0 fully saturated rings. The predicted octanol–water partition coefficient (Wildman–Crippen LogP) is 4.13. The summed E-state index contributed by atoms with van der Waals surface area (Å²) in [7, 11) is 1.50. The Kier molecular flexibility index (Phi) is 4.64. The number of halogens is 1. The van der Waals surface area contributed by atoms with Gasteiger partial charge in [0.25, 0.3) is 0 Å².